The van der Waals surface area contributed by atoms with Crippen LogP contribution in [0.1, 0.15) is 28.5 Å². The summed E-state index contributed by atoms with van der Waals surface area (Å²) in [5.74, 6) is 0.650. The molecule has 0 aliphatic carbocycles. The molecule has 2 aromatic carbocycles. The molecule has 9 heteroatoms. The number of hydrogen-bond acceptors (Lipinski definition) is 7. The minimum absolute atomic E-state index is 0.0336. The largest absolute Gasteiger partial charge is 0.497 e. The number of amides is 1. The van der Waals surface area contributed by atoms with Crippen molar-refractivity contribution in [1.82, 2.24) is 9.97 Å². The lowest BCUT2D eigenvalue weighted by molar-refractivity contribution is 0.102. The van der Waals surface area contributed by atoms with Gasteiger partial charge in [0.2, 0.25) is 5.88 Å². The highest BCUT2D eigenvalue weighted by Crippen LogP contribution is 2.35. The number of nitrogens with two attached hydrogens (primary N) is 1. The van der Waals surface area contributed by atoms with Gasteiger partial charge in [-0.2, -0.15) is 0 Å². The van der Waals surface area contributed by atoms with Gasteiger partial charge in [-0.3, -0.25) is 4.79 Å². The zero-order valence-electron chi connectivity index (χ0n) is 18.3. The fourth-order valence-electron chi connectivity index (χ4n) is 3.11. The average Bonchev–Trinajstić information content (AvgIpc) is 2.84. The summed E-state index contributed by atoms with van der Waals surface area (Å²) in [6.45, 7) is 1.91. The van der Waals surface area contributed by atoms with E-state index in [1.807, 2.05) is 49.4 Å². The Morgan fingerprint density at radius 1 is 1.00 bits per heavy atom. The van der Waals surface area contributed by atoms with Gasteiger partial charge in [0.25, 0.3) is 11.9 Å². The molecule has 3 N–H and O–H groups in total. The van der Waals surface area contributed by atoms with Gasteiger partial charge in [-0.15, -0.1) is 0 Å². The molecule has 0 aliphatic heterocycles. The van der Waals surface area contributed by atoms with Gasteiger partial charge in [0.1, 0.15) is 17.0 Å². The van der Waals surface area contributed by atoms with Gasteiger partial charge in [-0.1, -0.05) is 24.3 Å². The quantitative estimate of drug-likeness (QED) is 0.432. The van der Waals surface area contributed by atoms with Crippen molar-refractivity contribution in [3.8, 4) is 11.6 Å². The van der Waals surface area contributed by atoms with Crippen LogP contribution in [0.25, 0.3) is 0 Å². The number of methoxy groups -OCH3 is 3. The molecule has 0 aliphatic rings. The fraction of sp³-hybridized carbons (Fsp3) is 0.217. The van der Waals surface area contributed by atoms with Crippen molar-refractivity contribution in [3.05, 3.63) is 77.7 Å². The molecule has 1 unspecified atom stereocenters. The summed E-state index contributed by atoms with van der Waals surface area (Å²) in [6, 6.07) is 14.9. The molecule has 0 spiro atoms. The van der Waals surface area contributed by atoms with Crippen LogP contribution in [-0.2, 0) is 10.3 Å². The predicted octanol–water partition coefficient (Wildman–Crippen LogP) is 2.97. The van der Waals surface area contributed by atoms with E-state index in [1.165, 1.54) is 26.6 Å². The van der Waals surface area contributed by atoms with Crippen LogP contribution in [-0.4, -0.2) is 43.2 Å². The van der Waals surface area contributed by atoms with E-state index in [0.717, 1.165) is 16.9 Å². The van der Waals surface area contributed by atoms with Gasteiger partial charge in [0, 0.05) is 5.69 Å². The first-order chi connectivity index (χ1) is 15.4. The fourth-order valence-corrected chi connectivity index (χ4v) is 3.11. The van der Waals surface area contributed by atoms with Gasteiger partial charge in [-0.05, 0) is 42.3 Å². The SMILES string of the molecule is CO/C(N)=N\C(C)(c1ccc(OC)cc1)c1cccc(NC(=O)c2cnc(OC)cn2)c1. The van der Waals surface area contributed by atoms with E-state index in [0.29, 0.717) is 11.6 Å². The Labute approximate surface area is 186 Å². The topological polar surface area (TPSA) is 121 Å². The second-order valence-corrected chi connectivity index (χ2v) is 6.93. The van der Waals surface area contributed by atoms with Crippen LogP contribution in [0, 0.1) is 0 Å². The Kier molecular flexibility index (Phi) is 6.89. The van der Waals surface area contributed by atoms with Gasteiger partial charge >= 0.3 is 0 Å². The number of amidine groups is 1. The third kappa shape index (κ3) is 4.94. The second-order valence-electron chi connectivity index (χ2n) is 6.93. The number of nitrogens with one attached hydrogen (secondary N) is 1. The molecule has 0 saturated carbocycles. The Hall–Kier alpha value is -4.14. The minimum atomic E-state index is -0.882. The van der Waals surface area contributed by atoms with Crippen LogP contribution in [0.4, 0.5) is 5.69 Å². The molecular weight excluding hydrogens is 410 g/mol. The third-order valence-corrected chi connectivity index (χ3v) is 4.95. The maximum atomic E-state index is 12.6. The smallest absolute Gasteiger partial charge is 0.282 e. The lowest BCUT2D eigenvalue weighted by Crippen LogP contribution is -2.27. The average molecular weight is 435 g/mol. The van der Waals surface area contributed by atoms with Crippen LogP contribution >= 0.6 is 0 Å². The summed E-state index contributed by atoms with van der Waals surface area (Å²) in [5, 5.41) is 2.83. The zero-order valence-corrected chi connectivity index (χ0v) is 18.3. The summed E-state index contributed by atoms with van der Waals surface area (Å²) < 4.78 is 15.3. The number of carbonyl (C=O) groups excluding carboxylic acids is 1. The number of nitrogens with zero attached hydrogens (tertiary/aromatic N) is 3. The van der Waals surface area contributed by atoms with Crippen molar-refractivity contribution in [2.75, 3.05) is 26.6 Å². The molecule has 0 fully saturated rings. The number of rotatable bonds is 7. The van der Waals surface area contributed by atoms with E-state index in [2.05, 4.69) is 20.3 Å². The number of aromatic nitrogens is 2. The Morgan fingerprint density at radius 2 is 1.75 bits per heavy atom. The number of benzene rings is 2. The Morgan fingerprint density at radius 3 is 2.34 bits per heavy atom. The van der Waals surface area contributed by atoms with Crippen molar-refractivity contribution in [1.29, 1.82) is 0 Å². The first kappa shape index (κ1) is 22.5. The summed E-state index contributed by atoms with van der Waals surface area (Å²) in [4.78, 5) is 25.3. The molecule has 0 bridgehead atoms. The van der Waals surface area contributed by atoms with E-state index in [1.54, 1.807) is 13.2 Å². The molecule has 0 radical (unpaired) electrons. The van der Waals surface area contributed by atoms with E-state index in [9.17, 15) is 4.79 Å². The summed E-state index contributed by atoms with van der Waals surface area (Å²) in [5.41, 5.74) is 7.42. The van der Waals surface area contributed by atoms with Gasteiger partial charge < -0.3 is 25.3 Å². The molecule has 1 amide bonds. The molecule has 32 heavy (non-hydrogen) atoms. The van der Waals surface area contributed by atoms with Crippen molar-refractivity contribution < 1.29 is 19.0 Å². The standard InChI is InChI=1S/C23H25N5O4/c1-23(28-22(24)32-4,15-8-10-18(30-2)11-9-15)16-6-5-7-17(12-16)27-21(29)19-13-26-20(31-3)14-25-19/h5-14H,1-4H3,(H2,24,28)(H,27,29). The Balaban J connectivity index is 1.95. The first-order valence-electron chi connectivity index (χ1n) is 9.71. The highest BCUT2D eigenvalue weighted by molar-refractivity contribution is 6.02. The van der Waals surface area contributed by atoms with Crippen LogP contribution < -0.4 is 20.5 Å². The van der Waals surface area contributed by atoms with E-state index in [4.69, 9.17) is 19.9 Å². The molecule has 166 valence electrons. The number of anilines is 1. The highest BCUT2D eigenvalue weighted by Gasteiger charge is 2.30. The molecular formula is C23H25N5O4. The van der Waals surface area contributed by atoms with Crippen molar-refractivity contribution in [2.45, 2.75) is 12.5 Å². The number of ether oxygens (including phenoxy) is 3. The van der Waals surface area contributed by atoms with Gasteiger partial charge in [0.15, 0.2) is 0 Å². The van der Waals surface area contributed by atoms with Crippen molar-refractivity contribution >= 4 is 17.6 Å². The van der Waals surface area contributed by atoms with Crippen molar-refractivity contribution in [3.63, 3.8) is 0 Å². The van der Waals surface area contributed by atoms with Crippen molar-refractivity contribution in [2.24, 2.45) is 10.7 Å². The Bertz CT molecular complexity index is 1100. The summed E-state index contributed by atoms with van der Waals surface area (Å²) in [6.07, 6.45) is 2.73. The molecule has 1 heterocycles. The molecule has 1 atom stereocenters. The summed E-state index contributed by atoms with van der Waals surface area (Å²) >= 11 is 0. The van der Waals surface area contributed by atoms with Crippen LogP contribution in [0.15, 0.2) is 65.9 Å². The maximum absolute atomic E-state index is 12.6. The predicted molar refractivity (Wildman–Crippen MR) is 121 cm³/mol. The number of aliphatic imine (C=N–C) groups is 1. The molecule has 3 rings (SSSR count). The number of carbonyl (C=O) groups is 1. The van der Waals surface area contributed by atoms with E-state index < -0.39 is 11.4 Å². The lowest BCUT2D eigenvalue weighted by Gasteiger charge is -2.27. The molecule has 3 aromatic rings. The van der Waals surface area contributed by atoms with Gasteiger partial charge in [0.05, 0.1) is 33.7 Å². The van der Waals surface area contributed by atoms with Crippen LogP contribution in [0.2, 0.25) is 0 Å². The number of hydrogen-bond donors (Lipinski definition) is 2. The molecule has 1 aromatic heterocycles. The summed E-state index contributed by atoms with van der Waals surface area (Å²) in [7, 11) is 4.54. The van der Waals surface area contributed by atoms with Crippen LogP contribution in [0.5, 0.6) is 11.6 Å². The second kappa shape index (κ2) is 9.78. The minimum Gasteiger partial charge on any atom is -0.497 e. The molecule has 0 saturated heterocycles. The lowest BCUT2D eigenvalue weighted by atomic mass is 9.85. The highest BCUT2D eigenvalue weighted by atomic mass is 16.5. The van der Waals surface area contributed by atoms with E-state index >= 15 is 0 Å². The normalized spacial score (nSPS) is 13.1. The van der Waals surface area contributed by atoms with Crippen LogP contribution in [0.3, 0.4) is 0 Å². The third-order valence-electron chi connectivity index (χ3n) is 4.95. The van der Waals surface area contributed by atoms with E-state index in [-0.39, 0.29) is 11.7 Å². The maximum Gasteiger partial charge on any atom is 0.282 e. The first-order valence-corrected chi connectivity index (χ1v) is 9.71. The monoisotopic (exact) mass is 435 g/mol. The molecule has 9 nitrogen and oxygen atoms in total. The van der Waals surface area contributed by atoms with Gasteiger partial charge in [-0.25, -0.2) is 15.0 Å². The zero-order chi connectivity index (χ0) is 23.1.